The van der Waals surface area contributed by atoms with Crippen LogP contribution in [0.2, 0.25) is 0 Å². The highest BCUT2D eigenvalue weighted by molar-refractivity contribution is 5.90. The molecular weight excluding hydrogens is 388 g/mol. The van der Waals surface area contributed by atoms with E-state index in [9.17, 15) is 4.79 Å². The first-order valence-electron chi connectivity index (χ1n) is 11.1. The first-order valence-corrected chi connectivity index (χ1v) is 11.1. The van der Waals surface area contributed by atoms with E-state index in [0.717, 1.165) is 48.9 Å². The second kappa shape index (κ2) is 11.4. The molecule has 6 nitrogen and oxygen atoms in total. The van der Waals surface area contributed by atoms with Gasteiger partial charge in [-0.25, -0.2) is 0 Å². The minimum absolute atomic E-state index is 0.0523. The summed E-state index contributed by atoms with van der Waals surface area (Å²) in [5.74, 6) is 2.23. The molecule has 31 heavy (non-hydrogen) atoms. The molecule has 2 aromatic carbocycles. The predicted octanol–water partition coefficient (Wildman–Crippen LogP) is 4.29. The molecule has 1 aliphatic rings. The molecule has 6 heteroatoms. The van der Waals surface area contributed by atoms with Crippen LogP contribution in [0, 0.1) is 5.92 Å². The Morgan fingerprint density at radius 1 is 1.13 bits per heavy atom. The summed E-state index contributed by atoms with van der Waals surface area (Å²) >= 11 is 0. The van der Waals surface area contributed by atoms with Crippen molar-refractivity contribution in [3.8, 4) is 5.75 Å². The largest absolute Gasteiger partial charge is 0.490 e. The number of carbonyl (C=O) groups is 1. The molecule has 2 N–H and O–H groups in total. The summed E-state index contributed by atoms with van der Waals surface area (Å²) in [7, 11) is 1.82. The van der Waals surface area contributed by atoms with Crippen LogP contribution in [0.1, 0.15) is 38.7 Å². The Bertz CT molecular complexity index is 859. The van der Waals surface area contributed by atoms with Gasteiger partial charge in [-0.15, -0.1) is 0 Å². The lowest BCUT2D eigenvalue weighted by molar-refractivity contribution is -0.116. The average Bonchev–Trinajstić information content (AvgIpc) is 2.75. The van der Waals surface area contributed by atoms with Gasteiger partial charge < -0.3 is 20.3 Å². The maximum atomic E-state index is 12.0. The number of carbonyl (C=O) groups excluding carboxylic acids is 1. The van der Waals surface area contributed by atoms with Gasteiger partial charge in [-0.3, -0.25) is 9.79 Å². The summed E-state index contributed by atoms with van der Waals surface area (Å²) in [6, 6.07) is 18.0. The minimum Gasteiger partial charge on any atom is -0.490 e. The van der Waals surface area contributed by atoms with Crippen LogP contribution in [-0.2, 0) is 11.3 Å². The average molecular weight is 423 g/mol. The quantitative estimate of drug-likeness (QED) is 0.516. The number of hydrogen-bond donors (Lipinski definition) is 2. The monoisotopic (exact) mass is 422 g/mol. The Morgan fingerprint density at radius 2 is 1.87 bits per heavy atom. The van der Waals surface area contributed by atoms with Gasteiger partial charge in [0.2, 0.25) is 5.91 Å². The van der Waals surface area contributed by atoms with E-state index in [1.807, 2.05) is 69.4 Å². The van der Waals surface area contributed by atoms with Crippen LogP contribution in [0.3, 0.4) is 0 Å². The number of anilines is 1. The molecule has 0 atom stereocenters. The zero-order valence-electron chi connectivity index (χ0n) is 18.8. The molecule has 166 valence electrons. The molecule has 3 rings (SSSR count). The maximum absolute atomic E-state index is 12.0. The van der Waals surface area contributed by atoms with Gasteiger partial charge in [0.1, 0.15) is 11.9 Å². The molecule has 1 heterocycles. The van der Waals surface area contributed by atoms with Crippen LogP contribution in [0.4, 0.5) is 5.69 Å². The van der Waals surface area contributed by atoms with Crippen LogP contribution < -0.4 is 15.4 Å². The number of para-hydroxylation sites is 1. The van der Waals surface area contributed by atoms with Gasteiger partial charge in [-0.05, 0) is 35.7 Å². The third-order valence-corrected chi connectivity index (χ3v) is 5.25. The number of rotatable bonds is 7. The second-order valence-electron chi connectivity index (χ2n) is 8.36. The van der Waals surface area contributed by atoms with Crippen molar-refractivity contribution in [3.63, 3.8) is 0 Å². The number of ether oxygens (including phenoxy) is 1. The number of aliphatic imine (C=N–C) groups is 1. The smallest absolute Gasteiger partial charge is 0.224 e. The van der Waals surface area contributed by atoms with Crippen molar-refractivity contribution in [1.29, 1.82) is 0 Å². The number of nitrogens with one attached hydrogen (secondary N) is 2. The summed E-state index contributed by atoms with van der Waals surface area (Å²) in [5, 5.41) is 6.44. The summed E-state index contributed by atoms with van der Waals surface area (Å²) in [4.78, 5) is 18.8. The summed E-state index contributed by atoms with van der Waals surface area (Å²) in [6.45, 7) is 6.55. The van der Waals surface area contributed by atoms with Crippen LogP contribution >= 0.6 is 0 Å². The predicted molar refractivity (Wildman–Crippen MR) is 126 cm³/mol. The van der Waals surface area contributed by atoms with E-state index in [-0.39, 0.29) is 12.0 Å². The molecule has 2 aromatic rings. The molecule has 0 unspecified atom stereocenters. The molecule has 0 aromatic heterocycles. The van der Waals surface area contributed by atoms with E-state index in [4.69, 9.17) is 4.74 Å². The van der Waals surface area contributed by atoms with E-state index < -0.39 is 0 Å². The Labute approximate surface area is 185 Å². The van der Waals surface area contributed by atoms with Crippen molar-refractivity contribution in [3.05, 3.63) is 60.2 Å². The van der Waals surface area contributed by atoms with Gasteiger partial charge >= 0.3 is 0 Å². The fourth-order valence-electron chi connectivity index (χ4n) is 3.73. The zero-order valence-corrected chi connectivity index (χ0v) is 18.8. The van der Waals surface area contributed by atoms with Crippen molar-refractivity contribution >= 4 is 17.6 Å². The number of benzene rings is 2. The number of piperidine rings is 1. The van der Waals surface area contributed by atoms with E-state index in [0.29, 0.717) is 18.9 Å². The van der Waals surface area contributed by atoms with Gasteiger partial charge in [0.05, 0.1) is 0 Å². The van der Waals surface area contributed by atoms with Crippen molar-refractivity contribution in [2.45, 2.75) is 45.8 Å². The number of hydrogen-bond acceptors (Lipinski definition) is 3. The van der Waals surface area contributed by atoms with Crippen LogP contribution in [0.25, 0.3) is 0 Å². The molecule has 1 aliphatic heterocycles. The number of nitrogens with zero attached hydrogens (tertiary/aromatic N) is 2. The van der Waals surface area contributed by atoms with Gasteiger partial charge in [-0.1, -0.05) is 44.2 Å². The molecule has 1 saturated heterocycles. The highest BCUT2D eigenvalue weighted by atomic mass is 16.5. The standard InChI is InChI=1S/C25H34N4O2/c1-19(2)16-24(30)28-21-9-7-8-20(17-21)18-27-25(26-3)29-14-12-23(13-15-29)31-22-10-5-4-6-11-22/h4-11,17,19,23H,12-16,18H2,1-3H3,(H,26,27)(H,28,30). The maximum Gasteiger partial charge on any atom is 0.224 e. The lowest BCUT2D eigenvalue weighted by Gasteiger charge is -2.34. The van der Waals surface area contributed by atoms with Gasteiger partial charge in [-0.2, -0.15) is 0 Å². The number of guanidine groups is 1. The fourth-order valence-corrected chi connectivity index (χ4v) is 3.73. The SMILES string of the molecule is CN=C(NCc1cccc(NC(=O)CC(C)C)c1)N1CCC(Oc2ccccc2)CC1. The Hall–Kier alpha value is -3.02. The van der Waals surface area contributed by atoms with Crippen molar-refractivity contribution < 1.29 is 9.53 Å². The minimum atomic E-state index is 0.0523. The van der Waals surface area contributed by atoms with Gasteiger partial charge in [0.15, 0.2) is 5.96 Å². The summed E-state index contributed by atoms with van der Waals surface area (Å²) < 4.78 is 6.09. The number of amides is 1. The molecule has 0 spiro atoms. The van der Waals surface area contributed by atoms with E-state index in [2.05, 4.69) is 26.6 Å². The lowest BCUT2D eigenvalue weighted by Crippen LogP contribution is -2.47. The van der Waals surface area contributed by atoms with E-state index >= 15 is 0 Å². The third kappa shape index (κ3) is 7.31. The Balaban J connectivity index is 1.47. The van der Waals surface area contributed by atoms with E-state index in [1.54, 1.807) is 0 Å². The molecular formula is C25H34N4O2. The van der Waals surface area contributed by atoms with Crippen molar-refractivity contribution in [1.82, 2.24) is 10.2 Å². The second-order valence-corrected chi connectivity index (χ2v) is 8.36. The summed E-state index contributed by atoms with van der Waals surface area (Å²) in [5.41, 5.74) is 1.93. The van der Waals surface area contributed by atoms with Crippen LogP contribution in [-0.4, -0.2) is 43.0 Å². The molecule has 0 bridgehead atoms. The van der Waals surface area contributed by atoms with Crippen molar-refractivity contribution in [2.75, 3.05) is 25.5 Å². The summed E-state index contributed by atoms with van der Waals surface area (Å²) in [6.07, 6.45) is 2.70. The fraction of sp³-hybridized carbons (Fsp3) is 0.440. The van der Waals surface area contributed by atoms with Gasteiger partial charge in [0, 0.05) is 51.6 Å². The first-order chi connectivity index (χ1) is 15.0. The van der Waals surface area contributed by atoms with E-state index in [1.165, 1.54) is 0 Å². The van der Waals surface area contributed by atoms with Crippen LogP contribution in [0.5, 0.6) is 5.75 Å². The lowest BCUT2D eigenvalue weighted by atomic mass is 10.1. The molecule has 0 radical (unpaired) electrons. The normalized spacial score (nSPS) is 15.1. The molecule has 1 fully saturated rings. The van der Waals surface area contributed by atoms with Gasteiger partial charge in [0.25, 0.3) is 0 Å². The highest BCUT2D eigenvalue weighted by Gasteiger charge is 2.22. The molecule has 0 aliphatic carbocycles. The third-order valence-electron chi connectivity index (χ3n) is 5.25. The molecule has 1 amide bonds. The zero-order chi connectivity index (χ0) is 22.1. The first kappa shape index (κ1) is 22.7. The topological polar surface area (TPSA) is 66.0 Å². The molecule has 0 saturated carbocycles. The van der Waals surface area contributed by atoms with Crippen LogP contribution in [0.15, 0.2) is 59.6 Å². The van der Waals surface area contributed by atoms with Crippen molar-refractivity contribution in [2.24, 2.45) is 10.9 Å². The number of likely N-dealkylation sites (tertiary alicyclic amines) is 1. The Morgan fingerprint density at radius 3 is 2.55 bits per heavy atom. The highest BCUT2D eigenvalue weighted by Crippen LogP contribution is 2.19. The Kier molecular flexibility index (Phi) is 8.33.